The number of carbonyl (C=O) groups is 1. The summed E-state index contributed by atoms with van der Waals surface area (Å²) in [5.74, 6) is -0.550. The standard InChI is InChI=1S/C14H18FNO4/c15-10-4-1-9(2-5-10)3-6-13(18)16-11-7-20-8-12(17)14(11)19/h1-2,4-5,11-12,14,17,19H,3,6-8H2,(H,16,18)/t11-,12-,14+/m1/s1. The van der Waals surface area contributed by atoms with Crippen LogP contribution >= 0.6 is 0 Å². The van der Waals surface area contributed by atoms with Crippen LogP contribution in [-0.2, 0) is 16.0 Å². The minimum absolute atomic E-state index is 0.0725. The van der Waals surface area contributed by atoms with Gasteiger partial charge in [0.2, 0.25) is 5.91 Å². The predicted octanol–water partition coefficient (Wildman–Crippen LogP) is -0.00490. The molecule has 0 saturated carbocycles. The Labute approximate surface area is 116 Å². The summed E-state index contributed by atoms with van der Waals surface area (Å²) in [7, 11) is 0. The van der Waals surface area contributed by atoms with E-state index < -0.39 is 18.2 Å². The molecule has 1 fully saturated rings. The van der Waals surface area contributed by atoms with Crippen LogP contribution in [0.25, 0.3) is 0 Å². The lowest BCUT2D eigenvalue weighted by Gasteiger charge is -2.32. The molecular weight excluding hydrogens is 265 g/mol. The average molecular weight is 283 g/mol. The van der Waals surface area contributed by atoms with Crippen LogP contribution in [0.15, 0.2) is 24.3 Å². The van der Waals surface area contributed by atoms with E-state index in [9.17, 15) is 19.4 Å². The zero-order chi connectivity index (χ0) is 14.5. The Hall–Kier alpha value is -1.50. The van der Waals surface area contributed by atoms with E-state index in [1.54, 1.807) is 12.1 Å². The quantitative estimate of drug-likeness (QED) is 0.726. The summed E-state index contributed by atoms with van der Waals surface area (Å²) in [6, 6.07) is 5.36. The normalized spacial score (nSPS) is 26.2. The number of carbonyl (C=O) groups excluding carboxylic acids is 1. The van der Waals surface area contributed by atoms with Crippen molar-refractivity contribution in [1.82, 2.24) is 5.32 Å². The maximum atomic E-state index is 12.7. The monoisotopic (exact) mass is 283 g/mol. The highest BCUT2D eigenvalue weighted by Gasteiger charge is 2.32. The molecule has 3 N–H and O–H groups in total. The molecule has 5 nitrogen and oxygen atoms in total. The summed E-state index contributed by atoms with van der Waals surface area (Å²) in [5, 5.41) is 21.8. The van der Waals surface area contributed by atoms with Crippen molar-refractivity contribution in [1.29, 1.82) is 0 Å². The number of aryl methyl sites for hydroxylation is 1. The second kappa shape index (κ2) is 6.78. The summed E-state index contributed by atoms with van der Waals surface area (Å²) in [6.07, 6.45) is -1.28. The van der Waals surface area contributed by atoms with Crippen molar-refractivity contribution in [3.05, 3.63) is 35.6 Å². The first kappa shape index (κ1) is 14.9. The van der Waals surface area contributed by atoms with Crippen LogP contribution in [0.1, 0.15) is 12.0 Å². The van der Waals surface area contributed by atoms with Gasteiger partial charge in [0.1, 0.15) is 18.0 Å². The third kappa shape index (κ3) is 4.00. The molecule has 1 amide bonds. The van der Waals surface area contributed by atoms with Crippen molar-refractivity contribution in [3.8, 4) is 0 Å². The van der Waals surface area contributed by atoms with E-state index in [4.69, 9.17) is 4.74 Å². The molecule has 0 aliphatic carbocycles. The number of nitrogens with one attached hydrogen (secondary N) is 1. The van der Waals surface area contributed by atoms with Gasteiger partial charge in [-0.2, -0.15) is 0 Å². The number of benzene rings is 1. The van der Waals surface area contributed by atoms with Crippen LogP contribution in [0.2, 0.25) is 0 Å². The van der Waals surface area contributed by atoms with Crippen LogP contribution in [0.5, 0.6) is 0 Å². The second-order valence-electron chi connectivity index (χ2n) is 4.90. The average Bonchev–Trinajstić information content (AvgIpc) is 2.43. The van der Waals surface area contributed by atoms with E-state index in [0.29, 0.717) is 6.42 Å². The fourth-order valence-electron chi connectivity index (χ4n) is 2.10. The largest absolute Gasteiger partial charge is 0.388 e. The SMILES string of the molecule is O=C(CCc1ccc(F)cc1)N[C@@H]1COC[C@@H](O)[C@H]1O. The van der Waals surface area contributed by atoms with E-state index in [2.05, 4.69) is 5.32 Å². The molecule has 1 saturated heterocycles. The first-order valence-corrected chi connectivity index (χ1v) is 6.54. The molecule has 20 heavy (non-hydrogen) atoms. The van der Waals surface area contributed by atoms with Crippen LogP contribution in [-0.4, -0.2) is 47.6 Å². The Morgan fingerprint density at radius 3 is 2.70 bits per heavy atom. The molecular formula is C14H18FNO4. The number of hydrogen-bond acceptors (Lipinski definition) is 4. The number of ether oxygens (including phenoxy) is 1. The van der Waals surface area contributed by atoms with Gasteiger partial charge >= 0.3 is 0 Å². The summed E-state index contributed by atoms with van der Waals surface area (Å²) in [6.45, 7) is 0.254. The molecule has 1 aromatic carbocycles. The minimum atomic E-state index is -1.02. The number of amides is 1. The minimum Gasteiger partial charge on any atom is -0.388 e. The van der Waals surface area contributed by atoms with Gasteiger partial charge in [0, 0.05) is 6.42 Å². The molecule has 110 valence electrons. The van der Waals surface area contributed by atoms with Crippen molar-refractivity contribution < 1.29 is 24.1 Å². The maximum Gasteiger partial charge on any atom is 0.220 e. The molecule has 1 aliphatic rings. The molecule has 1 aliphatic heterocycles. The number of aliphatic hydroxyl groups is 2. The van der Waals surface area contributed by atoms with Crippen molar-refractivity contribution in [2.24, 2.45) is 0 Å². The second-order valence-corrected chi connectivity index (χ2v) is 4.90. The van der Waals surface area contributed by atoms with Crippen molar-refractivity contribution >= 4 is 5.91 Å². The number of aliphatic hydroxyl groups excluding tert-OH is 2. The zero-order valence-electron chi connectivity index (χ0n) is 11.0. The molecule has 0 bridgehead atoms. The van der Waals surface area contributed by atoms with Gasteiger partial charge < -0.3 is 20.3 Å². The Morgan fingerprint density at radius 1 is 1.30 bits per heavy atom. The van der Waals surface area contributed by atoms with Gasteiger partial charge in [-0.15, -0.1) is 0 Å². The van der Waals surface area contributed by atoms with Crippen LogP contribution in [0.3, 0.4) is 0 Å². The lowest BCUT2D eigenvalue weighted by molar-refractivity contribution is -0.131. The molecule has 0 radical (unpaired) electrons. The topological polar surface area (TPSA) is 78.8 Å². The van der Waals surface area contributed by atoms with E-state index in [1.165, 1.54) is 12.1 Å². The van der Waals surface area contributed by atoms with E-state index >= 15 is 0 Å². The molecule has 3 atom stereocenters. The Morgan fingerprint density at radius 2 is 2.00 bits per heavy atom. The Balaban J connectivity index is 1.79. The zero-order valence-corrected chi connectivity index (χ0v) is 11.0. The molecule has 0 aromatic heterocycles. The molecule has 0 spiro atoms. The molecule has 0 unspecified atom stereocenters. The summed E-state index contributed by atoms with van der Waals surface area (Å²) >= 11 is 0. The van der Waals surface area contributed by atoms with Gasteiger partial charge in [-0.3, -0.25) is 4.79 Å². The van der Waals surface area contributed by atoms with Gasteiger partial charge in [0.15, 0.2) is 0 Å². The fourth-order valence-corrected chi connectivity index (χ4v) is 2.10. The van der Waals surface area contributed by atoms with E-state index in [1.807, 2.05) is 0 Å². The lowest BCUT2D eigenvalue weighted by atomic mass is 10.0. The smallest absolute Gasteiger partial charge is 0.220 e. The van der Waals surface area contributed by atoms with E-state index in [-0.39, 0.29) is 31.4 Å². The molecule has 1 heterocycles. The van der Waals surface area contributed by atoms with Gasteiger partial charge in [0.25, 0.3) is 0 Å². The van der Waals surface area contributed by atoms with Gasteiger partial charge in [-0.25, -0.2) is 4.39 Å². The predicted molar refractivity (Wildman–Crippen MR) is 69.5 cm³/mol. The molecule has 2 rings (SSSR count). The van der Waals surface area contributed by atoms with Crippen LogP contribution in [0.4, 0.5) is 4.39 Å². The number of rotatable bonds is 4. The third-order valence-corrected chi connectivity index (χ3v) is 3.29. The van der Waals surface area contributed by atoms with Gasteiger partial charge in [-0.1, -0.05) is 12.1 Å². The lowest BCUT2D eigenvalue weighted by Crippen LogP contribution is -2.55. The third-order valence-electron chi connectivity index (χ3n) is 3.29. The van der Waals surface area contributed by atoms with Gasteiger partial charge in [-0.05, 0) is 24.1 Å². The summed E-state index contributed by atoms with van der Waals surface area (Å²) < 4.78 is 17.8. The number of hydrogen-bond donors (Lipinski definition) is 3. The number of halogens is 1. The van der Waals surface area contributed by atoms with Crippen LogP contribution < -0.4 is 5.32 Å². The highest BCUT2D eigenvalue weighted by molar-refractivity contribution is 5.76. The van der Waals surface area contributed by atoms with Crippen LogP contribution in [0, 0.1) is 5.82 Å². The first-order valence-electron chi connectivity index (χ1n) is 6.54. The Kier molecular flexibility index (Phi) is 5.05. The fraction of sp³-hybridized carbons (Fsp3) is 0.500. The summed E-state index contributed by atoms with van der Waals surface area (Å²) in [5.41, 5.74) is 0.863. The van der Waals surface area contributed by atoms with E-state index in [0.717, 1.165) is 5.56 Å². The first-order chi connectivity index (χ1) is 9.56. The highest BCUT2D eigenvalue weighted by Crippen LogP contribution is 2.10. The van der Waals surface area contributed by atoms with Crippen molar-refractivity contribution in [2.75, 3.05) is 13.2 Å². The maximum absolute atomic E-state index is 12.7. The van der Waals surface area contributed by atoms with Crippen molar-refractivity contribution in [3.63, 3.8) is 0 Å². The highest BCUT2D eigenvalue weighted by atomic mass is 19.1. The molecule has 6 heteroatoms. The Bertz CT molecular complexity index is 451. The molecule has 1 aromatic rings. The van der Waals surface area contributed by atoms with Gasteiger partial charge in [0.05, 0.1) is 19.3 Å². The van der Waals surface area contributed by atoms with Crippen molar-refractivity contribution in [2.45, 2.75) is 31.1 Å². The summed E-state index contributed by atoms with van der Waals surface area (Å²) in [4.78, 5) is 11.8.